The number of hydrogen-bond acceptors (Lipinski definition) is 5. The summed E-state index contributed by atoms with van der Waals surface area (Å²) < 4.78 is 6.15. The fourth-order valence-electron chi connectivity index (χ4n) is 1.85. The van der Waals surface area contributed by atoms with Crippen LogP contribution in [0.4, 0.5) is 5.82 Å². The van der Waals surface area contributed by atoms with E-state index in [2.05, 4.69) is 31.2 Å². The molecule has 0 saturated heterocycles. The molecule has 1 atom stereocenters. The molecule has 0 spiro atoms. The molecule has 112 valence electrons. The lowest BCUT2D eigenvalue weighted by Gasteiger charge is -2.15. The summed E-state index contributed by atoms with van der Waals surface area (Å²) in [6.45, 7) is 5.97. The summed E-state index contributed by atoms with van der Waals surface area (Å²) in [5.41, 5.74) is 0.855. The van der Waals surface area contributed by atoms with E-state index < -0.39 is 0 Å². The lowest BCUT2D eigenvalue weighted by atomic mass is 10.1. The second-order valence-corrected chi connectivity index (χ2v) is 6.07. The maximum Gasteiger partial charge on any atom is 0.310 e. The molecule has 2 aromatic rings. The number of carbonyl (C=O) groups is 1. The summed E-state index contributed by atoms with van der Waals surface area (Å²) in [4.78, 5) is 20.3. The van der Waals surface area contributed by atoms with Gasteiger partial charge in [0.05, 0.1) is 17.5 Å². The minimum atomic E-state index is -0.246. The summed E-state index contributed by atoms with van der Waals surface area (Å²) in [6, 6.07) is 5.80. The van der Waals surface area contributed by atoms with Crippen molar-refractivity contribution in [1.29, 1.82) is 0 Å². The van der Waals surface area contributed by atoms with Crippen LogP contribution in [0, 0.1) is 5.92 Å². The fourth-order valence-corrected chi connectivity index (χ4v) is 2.21. The molecule has 0 aliphatic carbocycles. The Balaban J connectivity index is 2.10. The molecule has 1 aromatic carbocycles. The second-order valence-electron chi connectivity index (χ2n) is 5.15. The van der Waals surface area contributed by atoms with Gasteiger partial charge in [-0.05, 0) is 32.0 Å². The molecule has 1 unspecified atom stereocenters. The predicted octanol–water partition coefficient (Wildman–Crippen LogP) is 3.39. The fraction of sp³-hybridized carbons (Fsp3) is 0.400. The highest BCUT2D eigenvalue weighted by molar-refractivity contribution is 9.10. The largest absolute Gasteiger partial charge is 0.463 e. The maximum atomic E-state index is 11.8. The zero-order valence-corrected chi connectivity index (χ0v) is 13.8. The highest BCUT2D eigenvalue weighted by Gasteiger charge is 2.16. The van der Waals surface area contributed by atoms with E-state index in [0.717, 1.165) is 15.4 Å². The van der Waals surface area contributed by atoms with Crippen LogP contribution in [0.25, 0.3) is 10.9 Å². The molecule has 1 N–H and O–H groups in total. The summed E-state index contributed by atoms with van der Waals surface area (Å²) >= 11 is 3.44. The van der Waals surface area contributed by atoms with Crippen molar-refractivity contribution in [3.05, 3.63) is 29.0 Å². The first-order valence-corrected chi connectivity index (χ1v) is 7.61. The van der Waals surface area contributed by atoms with E-state index in [1.165, 1.54) is 6.33 Å². The highest BCUT2D eigenvalue weighted by atomic mass is 79.9. The molecule has 0 aliphatic rings. The van der Waals surface area contributed by atoms with Crippen molar-refractivity contribution in [3.8, 4) is 0 Å². The van der Waals surface area contributed by atoms with E-state index in [4.69, 9.17) is 4.74 Å². The van der Waals surface area contributed by atoms with E-state index in [1.807, 2.05) is 39.0 Å². The Morgan fingerprint density at radius 2 is 2.10 bits per heavy atom. The van der Waals surface area contributed by atoms with Crippen molar-refractivity contribution in [2.45, 2.75) is 26.9 Å². The Morgan fingerprint density at radius 3 is 2.81 bits per heavy atom. The number of carbonyl (C=O) groups excluding carboxylic acids is 1. The van der Waals surface area contributed by atoms with E-state index in [1.54, 1.807) is 0 Å². The van der Waals surface area contributed by atoms with Crippen molar-refractivity contribution >= 4 is 38.6 Å². The first-order chi connectivity index (χ1) is 9.97. The molecular formula is C15H18BrN3O2. The number of benzene rings is 1. The zero-order valence-electron chi connectivity index (χ0n) is 12.3. The molecule has 5 nitrogen and oxygen atoms in total. The Kier molecular flexibility index (Phi) is 5.12. The average molecular weight is 352 g/mol. The Labute approximate surface area is 132 Å². The topological polar surface area (TPSA) is 64.1 Å². The van der Waals surface area contributed by atoms with E-state index in [-0.39, 0.29) is 18.0 Å². The Hall–Kier alpha value is -1.69. The molecular weight excluding hydrogens is 334 g/mol. The summed E-state index contributed by atoms with van der Waals surface area (Å²) in [5, 5.41) is 4.11. The van der Waals surface area contributed by atoms with Crippen LogP contribution < -0.4 is 5.32 Å². The van der Waals surface area contributed by atoms with Crippen LogP contribution in [-0.4, -0.2) is 28.6 Å². The standard InChI is InChI=1S/C15H18BrN3O2/c1-9(2)21-15(20)10(3)7-17-14-12-6-11(16)4-5-13(12)18-8-19-14/h4-6,8-10H,7H2,1-3H3,(H,17,18,19). The van der Waals surface area contributed by atoms with Crippen molar-refractivity contribution in [2.24, 2.45) is 5.92 Å². The lowest BCUT2D eigenvalue weighted by Crippen LogP contribution is -2.25. The number of fused-ring (bicyclic) bond motifs is 1. The predicted molar refractivity (Wildman–Crippen MR) is 86.1 cm³/mol. The number of nitrogens with zero attached hydrogens (tertiary/aromatic N) is 2. The van der Waals surface area contributed by atoms with Crippen LogP contribution in [0.5, 0.6) is 0 Å². The molecule has 0 amide bonds. The number of halogens is 1. The number of aromatic nitrogens is 2. The first-order valence-electron chi connectivity index (χ1n) is 6.82. The van der Waals surface area contributed by atoms with Gasteiger partial charge in [0, 0.05) is 16.4 Å². The minimum absolute atomic E-state index is 0.101. The van der Waals surface area contributed by atoms with Crippen molar-refractivity contribution in [2.75, 3.05) is 11.9 Å². The van der Waals surface area contributed by atoms with Gasteiger partial charge in [-0.25, -0.2) is 9.97 Å². The number of anilines is 1. The molecule has 1 heterocycles. The third-order valence-corrected chi connectivity index (χ3v) is 3.42. The molecule has 0 aliphatic heterocycles. The smallest absolute Gasteiger partial charge is 0.310 e. The van der Waals surface area contributed by atoms with E-state index in [9.17, 15) is 4.79 Å². The maximum absolute atomic E-state index is 11.8. The van der Waals surface area contributed by atoms with Gasteiger partial charge in [0.1, 0.15) is 12.1 Å². The molecule has 0 bridgehead atoms. The van der Waals surface area contributed by atoms with Crippen LogP contribution >= 0.6 is 15.9 Å². The molecule has 0 saturated carbocycles. The third kappa shape index (κ3) is 4.14. The highest BCUT2D eigenvalue weighted by Crippen LogP contribution is 2.23. The van der Waals surface area contributed by atoms with Gasteiger partial charge >= 0.3 is 5.97 Å². The van der Waals surface area contributed by atoms with Gasteiger partial charge in [0.25, 0.3) is 0 Å². The van der Waals surface area contributed by atoms with Gasteiger partial charge in [0.2, 0.25) is 0 Å². The van der Waals surface area contributed by atoms with Gasteiger partial charge in [0.15, 0.2) is 0 Å². The average Bonchev–Trinajstić information content (AvgIpc) is 2.43. The SMILES string of the molecule is CC(C)OC(=O)C(C)CNc1ncnc2ccc(Br)cc12. The number of ether oxygens (including phenoxy) is 1. The summed E-state index contributed by atoms with van der Waals surface area (Å²) in [6.07, 6.45) is 1.41. The van der Waals surface area contributed by atoms with Crippen LogP contribution in [0.1, 0.15) is 20.8 Å². The van der Waals surface area contributed by atoms with Gasteiger partial charge in [-0.15, -0.1) is 0 Å². The number of nitrogens with one attached hydrogen (secondary N) is 1. The zero-order chi connectivity index (χ0) is 15.4. The van der Waals surface area contributed by atoms with Gasteiger partial charge < -0.3 is 10.1 Å². The van der Waals surface area contributed by atoms with Gasteiger partial charge in [-0.2, -0.15) is 0 Å². The van der Waals surface area contributed by atoms with E-state index >= 15 is 0 Å². The quantitative estimate of drug-likeness (QED) is 0.836. The minimum Gasteiger partial charge on any atom is -0.463 e. The van der Waals surface area contributed by atoms with Crippen molar-refractivity contribution in [1.82, 2.24) is 9.97 Å². The number of rotatable bonds is 5. The van der Waals surface area contributed by atoms with Gasteiger partial charge in [-0.3, -0.25) is 4.79 Å². The second kappa shape index (κ2) is 6.85. The number of esters is 1. The summed E-state index contributed by atoms with van der Waals surface area (Å²) in [7, 11) is 0. The molecule has 6 heteroatoms. The van der Waals surface area contributed by atoms with Crippen molar-refractivity contribution < 1.29 is 9.53 Å². The summed E-state index contributed by atoms with van der Waals surface area (Å²) in [5.74, 6) is 0.257. The monoisotopic (exact) mass is 351 g/mol. The molecule has 1 aromatic heterocycles. The number of hydrogen-bond donors (Lipinski definition) is 1. The molecule has 2 rings (SSSR count). The van der Waals surface area contributed by atoms with Crippen LogP contribution in [0.15, 0.2) is 29.0 Å². The van der Waals surface area contributed by atoms with Gasteiger partial charge in [-0.1, -0.05) is 22.9 Å². The lowest BCUT2D eigenvalue weighted by molar-refractivity contribution is -0.151. The molecule has 0 fully saturated rings. The van der Waals surface area contributed by atoms with Crippen molar-refractivity contribution in [3.63, 3.8) is 0 Å². The Morgan fingerprint density at radius 1 is 1.33 bits per heavy atom. The molecule has 0 radical (unpaired) electrons. The van der Waals surface area contributed by atoms with Crippen LogP contribution in [0.3, 0.4) is 0 Å². The molecule has 21 heavy (non-hydrogen) atoms. The van der Waals surface area contributed by atoms with E-state index in [0.29, 0.717) is 12.4 Å². The first kappa shape index (κ1) is 15.7. The Bertz CT molecular complexity index is 646. The van der Waals surface area contributed by atoms with Crippen LogP contribution in [0.2, 0.25) is 0 Å². The normalized spacial score (nSPS) is 12.4. The third-order valence-electron chi connectivity index (χ3n) is 2.93. The van der Waals surface area contributed by atoms with Crippen LogP contribution in [-0.2, 0) is 9.53 Å².